The largest absolute Gasteiger partial charge is 0.373 e. The Labute approximate surface area is 204 Å². The summed E-state index contributed by atoms with van der Waals surface area (Å²) in [5.74, 6) is -0.251. The predicted octanol–water partition coefficient (Wildman–Crippen LogP) is 3.82. The average molecular weight is 489 g/mol. The summed E-state index contributed by atoms with van der Waals surface area (Å²) in [6.45, 7) is 6.59. The molecule has 1 aliphatic heterocycles. The van der Waals surface area contributed by atoms with Gasteiger partial charge in [-0.05, 0) is 37.6 Å². The quantitative estimate of drug-likeness (QED) is 0.343. The fraction of sp³-hybridized carbons (Fsp3) is 0.292. The first-order valence-electron chi connectivity index (χ1n) is 11.4. The molecule has 0 aliphatic carbocycles. The lowest BCUT2D eigenvalue weighted by atomic mass is 10.0. The molecule has 0 spiro atoms. The number of hydrogen-bond acceptors (Lipinski definition) is 8. The van der Waals surface area contributed by atoms with Gasteiger partial charge in [0.1, 0.15) is 10.7 Å². The SMILES string of the molecule is CC1CN(Cc2nc(C(=O)Nc3cc(-c4cnc5[nH]ncc5c4)cc4[nH]ncc34)cs2)C[C@@H](C)O1. The second kappa shape index (κ2) is 8.84. The third-order valence-electron chi connectivity index (χ3n) is 6.07. The highest BCUT2D eigenvalue weighted by molar-refractivity contribution is 7.09. The number of amides is 1. The van der Waals surface area contributed by atoms with Gasteiger partial charge in [0.2, 0.25) is 0 Å². The number of benzene rings is 1. The number of aromatic nitrogens is 6. The van der Waals surface area contributed by atoms with E-state index < -0.39 is 0 Å². The van der Waals surface area contributed by atoms with Gasteiger partial charge in [0, 0.05) is 41.0 Å². The molecule has 0 saturated carbocycles. The molecule has 4 aromatic heterocycles. The number of fused-ring (bicyclic) bond motifs is 2. The molecule has 0 bridgehead atoms. The third kappa shape index (κ3) is 4.41. The minimum atomic E-state index is -0.251. The molecule has 5 aromatic rings. The number of carbonyl (C=O) groups is 1. The lowest BCUT2D eigenvalue weighted by Crippen LogP contribution is -2.44. The van der Waals surface area contributed by atoms with Crippen molar-refractivity contribution in [2.24, 2.45) is 0 Å². The zero-order valence-electron chi connectivity index (χ0n) is 19.3. The second-order valence-corrected chi connectivity index (χ2v) is 9.86. The highest BCUT2D eigenvalue weighted by Gasteiger charge is 2.23. The van der Waals surface area contributed by atoms with Gasteiger partial charge in [-0.1, -0.05) is 0 Å². The monoisotopic (exact) mass is 488 g/mol. The van der Waals surface area contributed by atoms with E-state index in [0.717, 1.165) is 51.2 Å². The Morgan fingerprint density at radius 1 is 1.11 bits per heavy atom. The minimum absolute atomic E-state index is 0.190. The Bertz CT molecular complexity index is 1510. The summed E-state index contributed by atoms with van der Waals surface area (Å²) in [5.41, 5.74) is 4.43. The van der Waals surface area contributed by atoms with Crippen LogP contribution in [0.1, 0.15) is 29.3 Å². The molecule has 5 heterocycles. The van der Waals surface area contributed by atoms with Gasteiger partial charge in [-0.25, -0.2) is 9.97 Å². The maximum absolute atomic E-state index is 13.1. The maximum Gasteiger partial charge on any atom is 0.275 e. The number of thiazole rings is 1. The molecular weight excluding hydrogens is 464 g/mol. The third-order valence-corrected chi connectivity index (χ3v) is 6.90. The molecule has 1 amide bonds. The van der Waals surface area contributed by atoms with E-state index in [1.165, 1.54) is 11.3 Å². The zero-order valence-corrected chi connectivity index (χ0v) is 20.1. The van der Waals surface area contributed by atoms with Crippen LogP contribution < -0.4 is 5.32 Å². The summed E-state index contributed by atoms with van der Waals surface area (Å²) < 4.78 is 5.81. The van der Waals surface area contributed by atoms with Gasteiger partial charge in [0.25, 0.3) is 5.91 Å². The number of aromatic amines is 2. The molecule has 0 radical (unpaired) electrons. The molecule has 35 heavy (non-hydrogen) atoms. The van der Waals surface area contributed by atoms with Crippen molar-refractivity contribution >= 4 is 44.9 Å². The maximum atomic E-state index is 13.1. The molecule has 178 valence electrons. The van der Waals surface area contributed by atoms with Gasteiger partial charge < -0.3 is 10.1 Å². The summed E-state index contributed by atoms with van der Waals surface area (Å²) in [4.78, 5) is 24.5. The van der Waals surface area contributed by atoms with Crippen LogP contribution in [0.2, 0.25) is 0 Å². The second-order valence-electron chi connectivity index (χ2n) is 8.92. The van der Waals surface area contributed by atoms with Crippen LogP contribution in [0.4, 0.5) is 5.69 Å². The van der Waals surface area contributed by atoms with E-state index in [2.05, 4.69) is 54.4 Å². The first kappa shape index (κ1) is 21.8. The van der Waals surface area contributed by atoms with Crippen LogP contribution >= 0.6 is 11.3 Å². The fourth-order valence-corrected chi connectivity index (χ4v) is 5.41. The number of rotatable bonds is 5. The summed E-state index contributed by atoms with van der Waals surface area (Å²) >= 11 is 1.50. The molecular formula is C24H24N8O2S. The van der Waals surface area contributed by atoms with Crippen LogP contribution in [0.25, 0.3) is 33.1 Å². The highest BCUT2D eigenvalue weighted by atomic mass is 32.1. The minimum Gasteiger partial charge on any atom is -0.373 e. The van der Waals surface area contributed by atoms with Gasteiger partial charge in [0.15, 0.2) is 5.65 Å². The number of pyridine rings is 1. The average Bonchev–Trinajstić information content (AvgIpc) is 3.58. The van der Waals surface area contributed by atoms with E-state index in [0.29, 0.717) is 17.9 Å². The molecule has 1 saturated heterocycles. The summed E-state index contributed by atoms with van der Waals surface area (Å²) in [5, 5.41) is 21.6. The summed E-state index contributed by atoms with van der Waals surface area (Å²) in [6.07, 6.45) is 5.61. The van der Waals surface area contributed by atoms with E-state index in [4.69, 9.17) is 4.74 Å². The molecule has 1 unspecified atom stereocenters. The van der Waals surface area contributed by atoms with Crippen LogP contribution in [0.15, 0.2) is 42.2 Å². The lowest BCUT2D eigenvalue weighted by molar-refractivity contribution is -0.0705. The number of H-pyrrole nitrogens is 2. The molecule has 2 atom stereocenters. The Hall–Kier alpha value is -3.67. The Kier molecular flexibility index (Phi) is 5.51. The number of hydrogen-bond donors (Lipinski definition) is 3. The van der Waals surface area contributed by atoms with Crippen molar-refractivity contribution < 1.29 is 9.53 Å². The Morgan fingerprint density at radius 3 is 2.80 bits per heavy atom. The Morgan fingerprint density at radius 2 is 1.94 bits per heavy atom. The number of nitrogens with one attached hydrogen (secondary N) is 3. The van der Waals surface area contributed by atoms with Crippen LogP contribution in [-0.4, -0.2) is 66.5 Å². The number of morpholine rings is 1. The number of nitrogens with zero attached hydrogens (tertiary/aromatic N) is 5. The van der Waals surface area contributed by atoms with E-state index in [1.54, 1.807) is 18.6 Å². The van der Waals surface area contributed by atoms with Gasteiger partial charge in [0.05, 0.1) is 42.4 Å². The van der Waals surface area contributed by atoms with Crippen LogP contribution in [-0.2, 0) is 11.3 Å². The molecule has 6 rings (SSSR count). The standard InChI is InChI=1S/C24H24N8O2S/c1-13-9-32(10-14(2)34-13)11-22-28-21(12-35-22)24(33)29-19-4-15(5-20-18(19)8-27-30-20)16-3-17-7-26-31-23(17)25-6-16/h3-8,12-14H,9-11H2,1-2H3,(H,27,30)(H,29,33)(H,25,26,31)/t13-,14?/m1/s1. The predicted molar refractivity (Wildman–Crippen MR) is 134 cm³/mol. The van der Waals surface area contributed by atoms with E-state index >= 15 is 0 Å². The van der Waals surface area contributed by atoms with Crippen LogP contribution in [0, 0.1) is 0 Å². The van der Waals surface area contributed by atoms with Crippen molar-refractivity contribution in [3.63, 3.8) is 0 Å². The molecule has 1 aliphatic rings. The van der Waals surface area contributed by atoms with Gasteiger partial charge in [-0.2, -0.15) is 10.2 Å². The van der Waals surface area contributed by atoms with Crippen molar-refractivity contribution in [1.82, 2.24) is 35.3 Å². The molecule has 10 nitrogen and oxygen atoms in total. The smallest absolute Gasteiger partial charge is 0.275 e. The summed E-state index contributed by atoms with van der Waals surface area (Å²) in [7, 11) is 0. The normalized spacial score (nSPS) is 18.9. The molecule has 1 aromatic carbocycles. The van der Waals surface area contributed by atoms with Gasteiger partial charge in [-0.15, -0.1) is 11.3 Å². The first-order chi connectivity index (χ1) is 17.0. The number of anilines is 1. The van der Waals surface area contributed by atoms with Crippen molar-refractivity contribution in [3.8, 4) is 11.1 Å². The topological polar surface area (TPSA) is 125 Å². The van der Waals surface area contributed by atoms with Crippen molar-refractivity contribution in [2.75, 3.05) is 18.4 Å². The van der Waals surface area contributed by atoms with Crippen molar-refractivity contribution in [1.29, 1.82) is 0 Å². The van der Waals surface area contributed by atoms with E-state index in [-0.39, 0.29) is 18.1 Å². The van der Waals surface area contributed by atoms with E-state index in [1.807, 2.05) is 23.6 Å². The van der Waals surface area contributed by atoms with Crippen LogP contribution in [0.3, 0.4) is 0 Å². The summed E-state index contributed by atoms with van der Waals surface area (Å²) in [6, 6.07) is 5.93. The Balaban J connectivity index is 1.24. The molecule has 11 heteroatoms. The highest BCUT2D eigenvalue weighted by Crippen LogP contribution is 2.31. The van der Waals surface area contributed by atoms with Crippen molar-refractivity contribution in [2.45, 2.75) is 32.6 Å². The lowest BCUT2D eigenvalue weighted by Gasteiger charge is -2.34. The first-order valence-corrected chi connectivity index (χ1v) is 12.3. The number of ether oxygens (including phenoxy) is 1. The number of carbonyl (C=O) groups excluding carboxylic acids is 1. The molecule has 3 N–H and O–H groups in total. The van der Waals surface area contributed by atoms with Crippen LogP contribution in [0.5, 0.6) is 0 Å². The van der Waals surface area contributed by atoms with Gasteiger partial charge >= 0.3 is 0 Å². The van der Waals surface area contributed by atoms with Gasteiger partial charge in [-0.3, -0.25) is 19.9 Å². The zero-order chi connectivity index (χ0) is 23.9. The van der Waals surface area contributed by atoms with E-state index in [9.17, 15) is 4.79 Å². The van der Waals surface area contributed by atoms with Crippen molar-refractivity contribution in [3.05, 3.63) is 52.9 Å². The molecule has 1 fully saturated rings. The fourth-order valence-electron chi connectivity index (χ4n) is 4.59.